The molecule has 0 aliphatic heterocycles. The number of benzene rings is 1. The first kappa shape index (κ1) is 15.7. The van der Waals surface area contributed by atoms with Crippen molar-refractivity contribution in [1.29, 1.82) is 0 Å². The number of pyridine rings is 1. The molecule has 23 heavy (non-hydrogen) atoms. The summed E-state index contributed by atoms with van der Waals surface area (Å²) in [5.41, 5.74) is 7.39. The number of aliphatic hydroxyl groups excluding tert-OH is 1. The summed E-state index contributed by atoms with van der Waals surface area (Å²) in [6, 6.07) is 8.87. The Morgan fingerprint density at radius 3 is 2.48 bits per heavy atom. The van der Waals surface area contributed by atoms with Gasteiger partial charge in [-0.05, 0) is 24.3 Å². The Bertz CT molecular complexity index is 852. The van der Waals surface area contributed by atoms with Crippen LogP contribution < -0.4 is 11.1 Å². The van der Waals surface area contributed by atoms with Gasteiger partial charge >= 0.3 is 0 Å². The summed E-state index contributed by atoms with van der Waals surface area (Å²) in [5.74, 6) is 0.610. The van der Waals surface area contributed by atoms with Crippen LogP contribution in [0.3, 0.4) is 0 Å². The van der Waals surface area contributed by atoms with Crippen LogP contribution in [0.1, 0.15) is 0 Å². The number of halogens is 2. The summed E-state index contributed by atoms with van der Waals surface area (Å²) in [6.45, 7) is 0.329. The van der Waals surface area contributed by atoms with Crippen LogP contribution in [0, 0.1) is 0 Å². The molecule has 1 aromatic carbocycles. The molecule has 6 nitrogen and oxygen atoms in total. The van der Waals surface area contributed by atoms with Crippen LogP contribution >= 0.6 is 23.2 Å². The minimum atomic E-state index is -0.0217. The average molecular weight is 350 g/mol. The van der Waals surface area contributed by atoms with Crippen molar-refractivity contribution in [3.05, 3.63) is 40.4 Å². The van der Waals surface area contributed by atoms with Crippen LogP contribution in [0.25, 0.3) is 22.3 Å². The zero-order valence-electron chi connectivity index (χ0n) is 11.9. The SMILES string of the molecule is Nc1nc(NCCO)c2ccc(-c3c(Cl)cccc3Cl)nc2n1. The van der Waals surface area contributed by atoms with E-state index in [1.165, 1.54) is 0 Å². The third kappa shape index (κ3) is 3.14. The maximum atomic E-state index is 8.94. The van der Waals surface area contributed by atoms with Gasteiger partial charge in [0.25, 0.3) is 0 Å². The molecule has 0 radical (unpaired) electrons. The monoisotopic (exact) mass is 349 g/mol. The van der Waals surface area contributed by atoms with E-state index in [-0.39, 0.29) is 12.6 Å². The lowest BCUT2D eigenvalue weighted by Crippen LogP contribution is -2.09. The topological polar surface area (TPSA) is 97.0 Å². The third-order valence-electron chi connectivity index (χ3n) is 3.20. The zero-order chi connectivity index (χ0) is 16.4. The number of aromatic nitrogens is 3. The van der Waals surface area contributed by atoms with Crippen molar-refractivity contribution >= 4 is 46.0 Å². The number of hydrogen-bond acceptors (Lipinski definition) is 6. The molecule has 0 saturated heterocycles. The molecule has 4 N–H and O–H groups in total. The van der Waals surface area contributed by atoms with Crippen LogP contribution in [0.5, 0.6) is 0 Å². The smallest absolute Gasteiger partial charge is 0.224 e. The van der Waals surface area contributed by atoms with Gasteiger partial charge in [0, 0.05) is 12.1 Å². The van der Waals surface area contributed by atoms with Crippen molar-refractivity contribution in [2.75, 3.05) is 24.2 Å². The number of fused-ring (bicyclic) bond motifs is 1. The number of nitrogens with two attached hydrogens (primary N) is 1. The predicted molar refractivity (Wildman–Crippen MR) is 92.8 cm³/mol. The predicted octanol–water partition coefficient (Wildman–Crippen LogP) is 2.99. The molecule has 0 spiro atoms. The lowest BCUT2D eigenvalue weighted by molar-refractivity contribution is 0.311. The van der Waals surface area contributed by atoms with Crippen LogP contribution in [0.15, 0.2) is 30.3 Å². The molecule has 2 aromatic heterocycles. The normalized spacial score (nSPS) is 10.9. The van der Waals surface area contributed by atoms with Crippen molar-refractivity contribution in [2.24, 2.45) is 0 Å². The molecule has 3 aromatic rings. The number of nitrogens with zero attached hydrogens (tertiary/aromatic N) is 3. The molecule has 118 valence electrons. The maximum absolute atomic E-state index is 8.94. The van der Waals surface area contributed by atoms with E-state index >= 15 is 0 Å². The highest BCUT2D eigenvalue weighted by atomic mass is 35.5. The van der Waals surface area contributed by atoms with Gasteiger partial charge in [-0.15, -0.1) is 0 Å². The van der Waals surface area contributed by atoms with Crippen molar-refractivity contribution in [2.45, 2.75) is 0 Å². The molecule has 0 amide bonds. The van der Waals surface area contributed by atoms with Gasteiger partial charge in [0.1, 0.15) is 5.82 Å². The van der Waals surface area contributed by atoms with E-state index in [4.69, 9.17) is 34.0 Å². The van der Waals surface area contributed by atoms with E-state index in [0.717, 1.165) is 0 Å². The minimum Gasteiger partial charge on any atom is -0.395 e. The summed E-state index contributed by atoms with van der Waals surface area (Å²) >= 11 is 12.4. The van der Waals surface area contributed by atoms with Crippen LogP contribution in [0.2, 0.25) is 10.0 Å². The van der Waals surface area contributed by atoms with Gasteiger partial charge in [-0.25, -0.2) is 4.98 Å². The lowest BCUT2D eigenvalue weighted by Gasteiger charge is -2.10. The molecular weight excluding hydrogens is 337 g/mol. The Morgan fingerprint density at radius 1 is 1.04 bits per heavy atom. The Morgan fingerprint density at radius 2 is 1.78 bits per heavy atom. The number of nitrogen functional groups attached to an aromatic ring is 1. The fraction of sp³-hybridized carbons (Fsp3) is 0.133. The molecule has 3 rings (SSSR count). The molecule has 0 atom stereocenters. The Kier molecular flexibility index (Phi) is 4.47. The van der Waals surface area contributed by atoms with Gasteiger partial charge in [0.2, 0.25) is 5.95 Å². The van der Waals surface area contributed by atoms with Crippen LogP contribution in [-0.2, 0) is 0 Å². The molecular formula is C15H13Cl2N5O. The van der Waals surface area contributed by atoms with Crippen molar-refractivity contribution in [3.8, 4) is 11.3 Å². The quantitative estimate of drug-likeness (QED) is 0.669. The van der Waals surface area contributed by atoms with Gasteiger partial charge in [-0.3, -0.25) is 0 Å². The van der Waals surface area contributed by atoms with Gasteiger partial charge in [0.05, 0.1) is 27.7 Å². The highest BCUT2D eigenvalue weighted by Gasteiger charge is 2.13. The summed E-state index contributed by atoms with van der Waals surface area (Å²) in [6.07, 6.45) is 0. The first-order chi connectivity index (χ1) is 11.1. The molecule has 0 aliphatic rings. The lowest BCUT2D eigenvalue weighted by atomic mass is 10.1. The van der Waals surface area contributed by atoms with E-state index in [1.807, 2.05) is 6.07 Å². The van der Waals surface area contributed by atoms with Crippen molar-refractivity contribution in [3.63, 3.8) is 0 Å². The maximum Gasteiger partial charge on any atom is 0.224 e. The zero-order valence-corrected chi connectivity index (χ0v) is 13.4. The van der Waals surface area contributed by atoms with E-state index < -0.39 is 0 Å². The standard InChI is InChI=1S/C15H13Cl2N5O/c16-9-2-1-3-10(17)12(9)11-5-4-8-13(19-6-7-23)21-15(18)22-14(8)20-11/h1-5,23H,6-7H2,(H3,18,19,20,21,22). The van der Waals surface area contributed by atoms with E-state index in [9.17, 15) is 0 Å². The molecule has 0 unspecified atom stereocenters. The summed E-state index contributed by atoms with van der Waals surface area (Å²) in [4.78, 5) is 12.8. The number of aliphatic hydroxyl groups is 1. The highest BCUT2D eigenvalue weighted by Crippen LogP contribution is 2.34. The summed E-state index contributed by atoms with van der Waals surface area (Å²) < 4.78 is 0. The largest absolute Gasteiger partial charge is 0.395 e. The molecule has 2 heterocycles. The van der Waals surface area contributed by atoms with Gasteiger partial charge in [0.15, 0.2) is 5.65 Å². The third-order valence-corrected chi connectivity index (χ3v) is 3.83. The molecule has 0 fully saturated rings. The average Bonchev–Trinajstić information content (AvgIpc) is 2.52. The van der Waals surface area contributed by atoms with Crippen LogP contribution in [0.4, 0.5) is 11.8 Å². The fourth-order valence-corrected chi connectivity index (χ4v) is 2.81. The van der Waals surface area contributed by atoms with Gasteiger partial charge in [-0.1, -0.05) is 29.3 Å². The minimum absolute atomic E-state index is 0.0217. The second-order valence-electron chi connectivity index (χ2n) is 4.75. The van der Waals surface area contributed by atoms with Crippen LogP contribution in [-0.4, -0.2) is 33.2 Å². The Balaban J connectivity index is 2.16. The van der Waals surface area contributed by atoms with Crippen molar-refractivity contribution < 1.29 is 5.11 Å². The molecule has 8 heteroatoms. The number of rotatable bonds is 4. The molecule has 0 saturated carbocycles. The number of anilines is 2. The fourth-order valence-electron chi connectivity index (χ4n) is 2.22. The Hall–Kier alpha value is -2.15. The van der Waals surface area contributed by atoms with E-state index in [0.29, 0.717) is 44.7 Å². The Labute approximate surface area is 142 Å². The first-order valence-corrected chi connectivity index (χ1v) is 7.59. The highest BCUT2D eigenvalue weighted by molar-refractivity contribution is 6.39. The molecule has 0 aliphatic carbocycles. The second-order valence-corrected chi connectivity index (χ2v) is 5.56. The van der Waals surface area contributed by atoms with Gasteiger partial charge in [-0.2, -0.15) is 9.97 Å². The second kappa shape index (κ2) is 6.54. The summed E-state index contributed by atoms with van der Waals surface area (Å²) in [7, 11) is 0. The van der Waals surface area contributed by atoms with Gasteiger partial charge < -0.3 is 16.2 Å². The number of nitrogens with one attached hydrogen (secondary N) is 1. The van der Waals surface area contributed by atoms with Crippen molar-refractivity contribution in [1.82, 2.24) is 15.0 Å². The molecule has 0 bridgehead atoms. The van der Waals surface area contributed by atoms with E-state index in [2.05, 4.69) is 20.3 Å². The first-order valence-electron chi connectivity index (χ1n) is 6.83. The van der Waals surface area contributed by atoms with E-state index in [1.54, 1.807) is 24.3 Å². The number of hydrogen-bond donors (Lipinski definition) is 3. The summed E-state index contributed by atoms with van der Waals surface area (Å²) in [5, 5.41) is 13.6.